The number of carbonyl (C=O) groups excluding carboxylic acids is 1. The van der Waals surface area contributed by atoms with Crippen LogP contribution in [0.2, 0.25) is 0 Å². The summed E-state index contributed by atoms with van der Waals surface area (Å²) < 4.78 is 0. The van der Waals surface area contributed by atoms with Crippen molar-refractivity contribution in [2.45, 2.75) is 38.5 Å². The third-order valence-electron chi connectivity index (χ3n) is 4.85. The molecular formula is C18H21N5O. The highest BCUT2D eigenvalue weighted by Crippen LogP contribution is 2.33. The first-order valence-electron chi connectivity index (χ1n) is 8.62. The molecule has 0 aromatic carbocycles. The van der Waals surface area contributed by atoms with Crippen molar-refractivity contribution >= 4 is 27.8 Å². The molecule has 6 nitrogen and oxygen atoms in total. The van der Waals surface area contributed by atoms with Crippen molar-refractivity contribution in [1.82, 2.24) is 24.8 Å². The second kappa shape index (κ2) is 6.19. The van der Waals surface area contributed by atoms with Crippen molar-refractivity contribution in [2.75, 3.05) is 13.1 Å². The molecule has 0 spiro atoms. The lowest BCUT2D eigenvalue weighted by Crippen LogP contribution is -2.39. The molecule has 1 unspecified atom stereocenters. The van der Waals surface area contributed by atoms with Gasteiger partial charge in [-0.2, -0.15) is 0 Å². The predicted octanol–water partition coefficient (Wildman–Crippen LogP) is 3.01. The van der Waals surface area contributed by atoms with Crippen LogP contribution in [0.1, 0.15) is 44.2 Å². The van der Waals surface area contributed by atoms with Gasteiger partial charge in [0.25, 0.3) is 0 Å². The van der Waals surface area contributed by atoms with Crippen LogP contribution in [0, 0.1) is 0 Å². The van der Waals surface area contributed by atoms with Gasteiger partial charge in [0.15, 0.2) is 5.65 Å². The highest BCUT2D eigenvalue weighted by atomic mass is 16.2. The van der Waals surface area contributed by atoms with Crippen LogP contribution < -0.4 is 0 Å². The maximum Gasteiger partial charge on any atom is 0.222 e. The molecule has 6 heteroatoms. The molecule has 1 N–H and O–H groups in total. The maximum absolute atomic E-state index is 12.3. The van der Waals surface area contributed by atoms with Crippen molar-refractivity contribution < 1.29 is 4.79 Å². The summed E-state index contributed by atoms with van der Waals surface area (Å²) in [6.45, 7) is 3.69. The molecule has 1 aliphatic rings. The molecule has 0 bridgehead atoms. The molecule has 0 radical (unpaired) electrons. The molecule has 0 aliphatic carbocycles. The van der Waals surface area contributed by atoms with Gasteiger partial charge in [0.2, 0.25) is 5.91 Å². The van der Waals surface area contributed by atoms with Gasteiger partial charge in [-0.3, -0.25) is 4.79 Å². The molecule has 1 amide bonds. The van der Waals surface area contributed by atoms with E-state index in [1.807, 2.05) is 11.0 Å². The number of nitrogens with zero attached hydrogens (tertiary/aromatic N) is 4. The van der Waals surface area contributed by atoms with Crippen LogP contribution in [-0.2, 0) is 4.79 Å². The van der Waals surface area contributed by atoms with E-state index in [-0.39, 0.29) is 5.91 Å². The van der Waals surface area contributed by atoms with Gasteiger partial charge in [0.05, 0.1) is 18.0 Å². The first kappa shape index (κ1) is 15.1. The van der Waals surface area contributed by atoms with Crippen LogP contribution >= 0.6 is 0 Å². The van der Waals surface area contributed by atoms with Crippen LogP contribution in [0.5, 0.6) is 0 Å². The van der Waals surface area contributed by atoms with E-state index < -0.39 is 0 Å². The summed E-state index contributed by atoms with van der Waals surface area (Å²) in [5.74, 6) is 0.563. The van der Waals surface area contributed by atoms with Gasteiger partial charge in [-0.15, -0.1) is 0 Å². The third-order valence-corrected chi connectivity index (χ3v) is 4.85. The quantitative estimate of drug-likeness (QED) is 0.804. The van der Waals surface area contributed by atoms with E-state index in [1.54, 1.807) is 18.7 Å². The summed E-state index contributed by atoms with van der Waals surface area (Å²) in [5.41, 5.74) is 2.77. The normalized spacial score (nSPS) is 18.4. The second-order valence-electron chi connectivity index (χ2n) is 6.45. The Balaban J connectivity index is 1.75. The number of amides is 1. The Hall–Kier alpha value is -2.50. The van der Waals surface area contributed by atoms with E-state index in [1.165, 1.54) is 0 Å². The Labute approximate surface area is 140 Å². The number of aromatic nitrogens is 4. The van der Waals surface area contributed by atoms with E-state index in [9.17, 15) is 4.79 Å². The summed E-state index contributed by atoms with van der Waals surface area (Å²) in [4.78, 5) is 30.8. The van der Waals surface area contributed by atoms with Crippen LogP contribution in [0.3, 0.4) is 0 Å². The van der Waals surface area contributed by atoms with E-state index >= 15 is 0 Å². The van der Waals surface area contributed by atoms with Crippen LogP contribution in [0.4, 0.5) is 0 Å². The minimum Gasteiger partial charge on any atom is -0.349 e. The highest BCUT2D eigenvalue weighted by Gasteiger charge is 2.26. The highest BCUT2D eigenvalue weighted by molar-refractivity contribution is 6.04. The van der Waals surface area contributed by atoms with Crippen molar-refractivity contribution in [1.29, 1.82) is 0 Å². The fourth-order valence-corrected chi connectivity index (χ4v) is 3.71. The molecule has 4 heterocycles. The largest absolute Gasteiger partial charge is 0.349 e. The van der Waals surface area contributed by atoms with Crippen LogP contribution in [0.15, 0.2) is 24.8 Å². The first-order chi connectivity index (χ1) is 11.8. The zero-order valence-electron chi connectivity index (χ0n) is 13.8. The molecule has 0 saturated carbocycles. The average molecular weight is 323 g/mol. The number of hydrogen-bond acceptors (Lipinski definition) is 4. The smallest absolute Gasteiger partial charge is 0.222 e. The van der Waals surface area contributed by atoms with Gasteiger partial charge in [-0.25, -0.2) is 15.0 Å². The summed E-state index contributed by atoms with van der Waals surface area (Å²) in [6, 6.07) is 1.99. The SMILES string of the molecule is CCCC(=O)N1CCCC(c2[nH]cnc3cnc4nccc4c23)C1. The van der Waals surface area contributed by atoms with Crippen molar-refractivity contribution in [3.05, 3.63) is 30.5 Å². The molecule has 3 aromatic heterocycles. The molecule has 1 saturated heterocycles. The number of likely N-dealkylation sites (tertiary alicyclic amines) is 1. The van der Waals surface area contributed by atoms with Gasteiger partial charge in [0.1, 0.15) is 0 Å². The molecule has 1 atom stereocenters. The Kier molecular flexibility index (Phi) is 3.88. The standard InChI is InChI=1S/C18H21N5O/c1-2-4-15(24)23-8-3-5-12(10-23)17-16-13-6-7-19-18(13)20-9-14(16)21-11-22-17/h6-7,9,11-12H,2-5,8,10H2,1H3,(H,21,22). The number of nitrogens with one attached hydrogen (secondary N) is 1. The zero-order chi connectivity index (χ0) is 16.5. The fraction of sp³-hybridized carbons (Fsp3) is 0.444. The number of piperidine rings is 1. The predicted molar refractivity (Wildman–Crippen MR) is 92.7 cm³/mol. The van der Waals surface area contributed by atoms with Gasteiger partial charge in [-0.05, 0) is 25.3 Å². The second-order valence-corrected chi connectivity index (χ2v) is 6.45. The summed E-state index contributed by atoms with van der Waals surface area (Å²) >= 11 is 0. The Bertz CT molecular complexity index is 887. The summed E-state index contributed by atoms with van der Waals surface area (Å²) in [5, 5.41) is 2.12. The molecule has 1 aliphatic heterocycles. The van der Waals surface area contributed by atoms with E-state index in [2.05, 4.69) is 26.9 Å². The molecule has 1 fully saturated rings. The van der Waals surface area contributed by atoms with E-state index in [0.29, 0.717) is 12.3 Å². The Morgan fingerprint density at radius 2 is 2.29 bits per heavy atom. The van der Waals surface area contributed by atoms with Gasteiger partial charge in [-0.1, -0.05) is 6.92 Å². The number of carbonyl (C=O) groups is 1. The number of rotatable bonds is 3. The fourth-order valence-electron chi connectivity index (χ4n) is 3.71. The van der Waals surface area contributed by atoms with Gasteiger partial charge in [0, 0.05) is 48.1 Å². The number of hydrogen-bond donors (Lipinski definition) is 1. The Morgan fingerprint density at radius 3 is 3.17 bits per heavy atom. The lowest BCUT2D eigenvalue weighted by Gasteiger charge is -2.33. The minimum absolute atomic E-state index is 0.266. The molecule has 4 rings (SSSR count). The first-order valence-corrected chi connectivity index (χ1v) is 8.62. The van der Waals surface area contributed by atoms with Crippen LogP contribution in [0.25, 0.3) is 21.9 Å². The summed E-state index contributed by atoms with van der Waals surface area (Å²) in [6.07, 6.45) is 8.93. The maximum atomic E-state index is 12.3. The molecular weight excluding hydrogens is 302 g/mol. The molecule has 24 heavy (non-hydrogen) atoms. The van der Waals surface area contributed by atoms with Crippen molar-refractivity contribution in [2.24, 2.45) is 0 Å². The summed E-state index contributed by atoms with van der Waals surface area (Å²) in [7, 11) is 0. The number of aromatic amines is 1. The number of H-pyrrole nitrogens is 1. The number of fused-ring (bicyclic) bond motifs is 3. The van der Waals surface area contributed by atoms with Crippen molar-refractivity contribution in [3.8, 4) is 0 Å². The van der Waals surface area contributed by atoms with Crippen LogP contribution in [-0.4, -0.2) is 43.8 Å². The number of pyridine rings is 1. The van der Waals surface area contributed by atoms with Gasteiger partial charge < -0.3 is 9.88 Å². The molecule has 3 aromatic rings. The zero-order valence-corrected chi connectivity index (χ0v) is 13.8. The lowest BCUT2D eigenvalue weighted by molar-refractivity contribution is -0.132. The monoisotopic (exact) mass is 323 g/mol. The third kappa shape index (κ3) is 2.52. The van der Waals surface area contributed by atoms with E-state index in [0.717, 1.165) is 60.0 Å². The molecule has 124 valence electrons. The average Bonchev–Trinajstić information content (AvgIpc) is 3.10. The van der Waals surface area contributed by atoms with Gasteiger partial charge >= 0.3 is 0 Å². The Morgan fingerprint density at radius 1 is 1.38 bits per heavy atom. The topological polar surface area (TPSA) is 74.8 Å². The van der Waals surface area contributed by atoms with E-state index in [4.69, 9.17) is 0 Å². The van der Waals surface area contributed by atoms with Crippen molar-refractivity contribution in [3.63, 3.8) is 0 Å². The lowest BCUT2D eigenvalue weighted by atomic mass is 9.91. The minimum atomic E-state index is 0.266.